The average molecular weight is 442 g/mol. The highest BCUT2D eigenvalue weighted by Crippen LogP contribution is 2.49. The summed E-state index contributed by atoms with van der Waals surface area (Å²) in [6, 6.07) is 40.5. The summed E-state index contributed by atoms with van der Waals surface area (Å²) in [4.78, 5) is 2.36. The Hall–Kier alpha value is -4.08. The molecule has 2 aromatic heterocycles. The molecule has 0 saturated carbocycles. The summed E-state index contributed by atoms with van der Waals surface area (Å²) in [5.74, 6) is 0. The number of benzene rings is 5. The van der Waals surface area contributed by atoms with Crippen LogP contribution >= 0.6 is 11.3 Å². The first-order valence-corrected chi connectivity index (χ1v) is 11.9. The molecule has 2 nitrogen and oxygen atoms in total. The molecule has 5 aromatic carbocycles. The Morgan fingerprint density at radius 1 is 0.576 bits per heavy atom. The molecule has 0 spiro atoms. The largest absolute Gasteiger partial charge is 0.455 e. The summed E-state index contributed by atoms with van der Waals surface area (Å²) in [5.41, 5.74) is 5.32. The zero-order valence-electron chi connectivity index (χ0n) is 17.7. The minimum Gasteiger partial charge on any atom is -0.455 e. The van der Waals surface area contributed by atoms with Gasteiger partial charge < -0.3 is 9.32 Å². The molecule has 0 aliphatic carbocycles. The quantitative estimate of drug-likeness (QED) is 0.271. The number of anilines is 3. The lowest BCUT2D eigenvalue weighted by molar-refractivity contribution is 0.673. The van der Waals surface area contributed by atoms with Crippen molar-refractivity contribution in [1.29, 1.82) is 0 Å². The van der Waals surface area contributed by atoms with E-state index in [1.807, 2.05) is 17.4 Å². The van der Waals surface area contributed by atoms with Crippen molar-refractivity contribution in [3.8, 4) is 0 Å². The molecule has 2 heterocycles. The van der Waals surface area contributed by atoms with E-state index in [-0.39, 0.29) is 0 Å². The summed E-state index contributed by atoms with van der Waals surface area (Å²) in [7, 11) is 0. The van der Waals surface area contributed by atoms with Gasteiger partial charge >= 0.3 is 0 Å². The van der Waals surface area contributed by atoms with Gasteiger partial charge in [-0.3, -0.25) is 0 Å². The number of hydrogen-bond acceptors (Lipinski definition) is 3. The van der Waals surface area contributed by atoms with E-state index in [2.05, 4.69) is 114 Å². The standard InChI is InChI=1S/C30H19NOS/c1-3-11-20(12-4-1)31(21-13-5-2-6-14-21)25-19-24-22-15-7-9-17-26(22)32-29(24)30-28(25)23-16-8-10-18-27(23)33-30/h1-19H. The molecule has 7 rings (SSSR count). The molecule has 0 radical (unpaired) electrons. The van der Waals surface area contributed by atoms with Crippen molar-refractivity contribution in [2.24, 2.45) is 0 Å². The molecule has 156 valence electrons. The van der Waals surface area contributed by atoms with E-state index in [1.165, 1.54) is 25.9 Å². The molecule has 3 heteroatoms. The highest BCUT2D eigenvalue weighted by Gasteiger charge is 2.22. The van der Waals surface area contributed by atoms with Gasteiger partial charge in [-0.25, -0.2) is 0 Å². The lowest BCUT2D eigenvalue weighted by Crippen LogP contribution is -2.10. The van der Waals surface area contributed by atoms with Crippen LogP contribution in [0.2, 0.25) is 0 Å². The summed E-state index contributed by atoms with van der Waals surface area (Å²) in [6.07, 6.45) is 0. The van der Waals surface area contributed by atoms with E-state index in [0.29, 0.717) is 0 Å². The van der Waals surface area contributed by atoms with Gasteiger partial charge in [0.15, 0.2) is 5.58 Å². The van der Waals surface area contributed by atoms with Gasteiger partial charge in [-0.2, -0.15) is 0 Å². The Bertz CT molecular complexity index is 1720. The molecule has 0 unspecified atom stereocenters. The summed E-state index contributed by atoms with van der Waals surface area (Å²) < 4.78 is 8.89. The number of para-hydroxylation sites is 3. The molecule has 33 heavy (non-hydrogen) atoms. The van der Waals surface area contributed by atoms with E-state index < -0.39 is 0 Å². The van der Waals surface area contributed by atoms with E-state index in [9.17, 15) is 0 Å². The molecular weight excluding hydrogens is 422 g/mol. The van der Waals surface area contributed by atoms with Crippen LogP contribution in [-0.2, 0) is 0 Å². The Labute approximate surface area is 194 Å². The first kappa shape index (κ1) is 18.5. The monoisotopic (exact) mass is 441 g/mol. The van der Waals surface area contributed by atoms with Gasteiger partial charge in [-0.05, 0) is 42.5 Å². The van der Waals surface area contributed by atoms with Crippen molar-refractivity contribution in [3.05, 3.63) is 115 Å². The molecule has 0 N–H and O–H groups in total. The molecule has 0 bridgehead atoms. The fourth-order valence-corrected chi connectivity index (χ4v) is 6.01. The second-order valence-corrected chi connectivity index (χ2v) is 9.23. The van der Waals surface area contributed by atoms with Crippen LogP contribution in [0, 0.1) is 0 Å². The minimum absolute atomic E-state index is 0.925. The maximum absolute atomic E-state index is 6.43. The van der Waals surface area contributed by atoms with Crippen molar-refractivity contribution in [2.75, 3.05) is 4.90 Å². The molecule has 0 aliphatic rings. The van der Waals surface area contributed by atoms with Crippen molar-refractivity contribution >= 4 is 70.5 Å². The molecule has 7 aromatic rings. The van der Waals surface area contributed by atoms with Crippen LogP contribution in [0.1, 0.15) is 0 Å². The zero-order valence-corrected chi connectivity index (χ0v) is 18.5. The molecule has 0 fully saturated rings. The third kappa shape index (κ3) is 2.80. The van der Waals surface area contributed by atoms with Crippen LogP contribution in [-0.4, -0.2) is 0 Å². The number of thiophene rings is 1. The topological polar surface area (TPSA) is 16.4 Å². The van der Waals surface area contributed by atoms with E-state index in [0.717, 1.165) is 33.3 Å². The van der Waals surface area contributed by atoms with Gasteiger partial charge in [-0.15, -0.1) is 11.3 Å². The fraction of sp³-hybridized carbons (Fsp3) is 0. The first-order chi connectivity index (χ1) is 16.4. The highest BCUT2D eigenvalue weighted by molar-refractivity contribution is 7.26. The van der Waals surface area contributed by atoms with Crippen LogP contribution in [0.3, 0.4) is 0 Å². The van der Waals surface area contributed by atoms with Gasteiger partial charge in [0.25, 0.3) is 0 Å². The third-order valence-corrected chi connectivity index (χ3v) is 7.41. The number of hydrogen-bond donors (Lipinski definition) is 0. The van der Waals surface area contributed by atoms with E-state index in [4.69, 9.17) is 4.42 Å². The highest BCUT2D eigenvalue weighted by atomic mass is 32.1. The van der Waals surface area contributed by atoms with Crippen LogP contribution in [0.5, 0.6) is 0 Å². The normalized spacial score (nSPS) is 11.6. The maximum atomic E-state index is 6.43. The molecule has 0 aliphatic heterocycles. The van der Waals surface area contributed by atoms with Crippen LogP contribution in [0.15, 0.2) is 120 Å². The summed E-state index contributed by atoms with van der Waals surface area (Å²) >= 11 is 1.81. The fourth-order valence-electron chi connectivity index (χ4n) is 4.80. The van der Waals surface area contributed by atoms with Gasteiger partial charge in [0.2, 0.25) is 0 Å². The predicted molar refractivity (Wildman–Crippen MR) is 141 cm³/mol. The second kappa shape index (κ2) is 7.22. The summed E-state index contributed by atoms with van der Waals surface area (Å²) in [6.45, 7) is 0. The minimum atomic E-state index is 0.925. The van der Waals surface area contributed by atoms with Crippen molar-refractivity contribution in [1.82, 2.24) is 0 Å². The number of fused-ring (bicyclic) bond motifs is 7. The van der Waals surface area contributed by atoms with Crippen molar-refractivity contribution in [3.63, 3.8) is 0 Å². The van der Waals surface area contributed by atoms with Crippen molar-refractivity contribution < 1.29 is 4.42 Å². The molecule has 0 amide bonds. The lowest BCUT2D eigenvalue weighted by Gasteiger charge is -2.26. The smallest absolute Gasteiger partial charge is 0.153 e. The van der Waals surface area contributed by atoms with Crippen LogP contribution < -0.4 is 4.90 Å². The summed E-state index contributed by atoms with van der Waals surface area (Å²) in [5, 5.41) is 4.78. The van der Waals surface area contributed by atoms with Crippen LogP contribution in [0.4, 0.5) is 17.1 Å². The SMILES string of the molecule is c1ccc(N(c2ccccc2)c2cc3c4ccccc4oc3c3sc4ccccc4c23)cc1. The maximum Gasteiger partial charge on any atom is 0.153 e. The first-order valence-electron chi connectivity index (χ1n) is 11.0. The molecule has 0 atom stereocenters. The Balaban J connectivity index is 1.69. The Morgan fingerprint density at radius 2 is 1.18 bits per heavy atom. The second-order valence-electron chi connectivity index (χ2n) is 8.18. The molecule has 0 saturated heterocycles. The third-order valence-electron chi connectivity index (χ3n) is 6.24. The number of rotatable bonds is 3. The zero-order chi connectivity index (χ0) is 21.8. The van der Waals surface area contributed by atoms with Gasteiger partial charge in [0.05, 0.1) is 10.4 Å². The average Bonchev–Trinajstić information content (AvgIpc) is 3.45. The van der Waals surface area contributed by atoms with Gasteiger partial charge in [-0.1, -0.05) is 72.8 Å². The predicted octanol–water partition coefficient (Wildman–Crippen LogP) is 9.42. The van der Waals surface area contributed by atoms with Gasteiger partial charge in [0, 0.05) is 37.6 Å². The Kier molecular flexibility index (Phi) is 4.05. The number of nitrogens with zero attached hydrogens (tertiary/aromatic N) is 1. The number of furan rings is 1. The molecular formula is C30H19NOS. The van der Waals surface area contributed by atoms with E-state index >= 15 is 0 Å². The van der Waals surface area contributed by atoms with Crippen LogP contribution in [0.25, 0.3) is 42.1 Å². The Morgan fingerprint density at radius 3 is 1.91 bits per heavy atom. The van der Waals surface area contributed by atoms with Gasteiger partial charge in [0.1, 0.15) is 5.58 Å². The lowest BCUT2D eigenvalue weighted by atomic mass is 10.0. The van der Waals surface area contributed by atoms with Crippen molar-refractivity contribution in [2.45, 2.75) is 0 Å². The van der Waals surface area contributed by atoms with E-state index in [1.54, 1.807) is 0 Å².